The molecule has 0 aliphatic carbocycles. The molecular weight excluding hydrogens is 228 g/mol. The molecule has 16 heavy (non-hydrogen) atoms. The average Bonchev–Trinajstić information content (AvgIpc) is 2.20. The van der Waals surface area contributed by atoms with Gasteiger partial charge in [0, 0.05) is 26.4 Å². The summed E-state index contributed by atoms with van der Waals surface area (Å²) < 4.78 is 25.1. The van der Waals surface area contributed by atoms with E-state index in [0.29, 0.717) is 17.7 Å². The minimum absolute atomic E-state index is 0.0974. The smallest absolute Gasteiger partial charge is 0.242 e. The highest BCUT2D eigenvalue weighted by molar-refractivity contribution is 7.89. The van der Waals surface area contributed by atoms with E-state index >= 15 is 0 Å². The van der Waals surface area contributed by atoms with Gasteiger partial charge in [0.1, 0.15) is 0 Å². The second-order valence-electron chi connectivity index (χ2n) is 3.63. The van der Waals surface area contributed by atoms with Crippen molar-refractivity contribution in [3.8, 4) is 0 Å². The van der Waals surface area contributed by atoms with Crippen LogP contribution in [0.2, 0.25) is 0 Å². The molecule has 6 heteroatoms. The van der Waals surface area contributed by atoms with Gasteiger partial charge in [-0.2, -0.15) is 0 Å². The number of benzene rings is 1. The summed E-state index contributed by atoms with van der Waals surface area (Å²) in [5.41, 5.74) is 6.54. The lowest BCUT2D eigenvalue weighted by molar-refractivity contribution is 0.298. The van der Waals surface area contributed by atoms with Crippen LogP contribution in [0.5, 0.6) is 0 Å². The van der Waals surface area contributed by atoms with E-state index in [2.05, 4.69) is 0 Å². The van der Waals surface area contributed by atoms with Gasteiger partial charge in [-0.3, -0.25) is 0 Å². The van der Waals surface area contributed by atoms with Crippen molar-refractivity contribution in [3.05, 3.63) is 23.8 Å². The summed E-state index contributed by atoms with van der Waals surface area (Å²) in [6.07, 6.45) is 0.294. The number of hydrogen-bond donors (Lipinski definition) is 2. The molecular formula is C10H16N2O3S. The van der Waals surface area contributed by atoms with Crippen LogP contribution >= 0.6 is 0 Å². The third-order valence-corrected chi connectivity index (χ3v) is 4.13. The molecule has 1 rings (SSSR count). The van der Waals surface area contributed by atoms with Crippen molar-refractivity contribution in [1.29, 1.82) is 0 Å². The molecule has 0 bridgehead atoms. The fourth-order valence-corrected chi connectivity index (χ4v) is 2.51. The molecule has 5 nitrogen and oxygen atoms in total. The lowest BCUT2D eigenvalue weighted by atomic mass is 10.1. The molecule has 0 aromatic heterocycles. The predicted octanol–water partition coefficient (Wildman–Crippen LogP) is 0.0539. The van der Waals surface area contributed by atoms with Crippen LogP contribution in [0.1, 0.15) is 5.56 Å². The van der Waals surface area contributed by atoms with Crippen LogP contribution in [-0.4, -0.2) is 38.5 Å². The van der Waals surface area contributed by atoms with Crippen molar-refractivity contribution in [2.45, 2.75) is 11.3 Å². The summed E-state index contributed by atoms with van der Waals surface area (Å²) in [6.45, 7) is -0.0974. The summed E-state index contributed by atoms with van der Waals surface area (Å²) in [5.74, 6) is 0. The number of anilines is 1. The summed E-state index contributed by atoms with van der Waals surface area (Å²) in [4.78, 5) is 0.159. The van der Waals surface area contributed by atoms with Gasteiger partial charge in [0.05, 0.1) is 4.90 Å². The first-order chi connectivity index (χ1) is 7.39. The fourth-order valence-electron chi connectivity index (χ4n) is 1.33. The van der Waals surface area contributed by atoms with Crippen molar-refractivity contribution in [3.63, 3.8) is 0 Å². The molecule has 0 fully saturated rings. The van der Waals surface area contributed by atoms with Gasteiger partial charge in [-0.15, -0.1) is 0 Å². The lowest BCUT2D eigenvalue weighted by Gasteiger charge is -2.15. The van der Waals surface area contributed by atoms with Crippen molar-refractivity contribution in [2.24, 2.45) is 0 Å². The Labute approximate surface area is 95.5 Å². The molecule has 0 atom stereocenters. The van der Waals surface area contributed by atoms with Crippen LogP contribution in [-0.2, 0) is 16.4 Å². The molecule has 0 unspecified atom stereocenters. The second-order valence-corrected chi connectivity index (χ2v) is 5.75. The Hall–Kier alpha value is -1.11. The van der Waals surface area contributed by atoms with Gasteiger partial charge < -0.3 is 10.8 Å². The summed E-state index contributed by atoms with van der Waals surface area (Å²) in [5, 5.41) is 8.88. The molecule has 1 aromatic rings. The number of sulfonamides is 1. The van der Waals surface area contributed by atoms with Crippen molar-refractivity contribution >= 4 is 15.7 Å². The largest absolute Gasteiger partial charge is 0.399 e. The summed E-state index contributed by atoms with van der Waals surface area (Å²) >= 11 is 0. The van der Waals surface area contributed by atoms with E-state index in [-0.39, 0.29) is 11.5 Å². The zero-order valence-electron chi connectivity index (χ0n) is 9.34. The Bertz CT molecular complexity index is 469. The van der Waals surface area contributed by atoms with Crippen LogP contribution in [0, 0.1) is 0 Å². The SMILES string of the molecule is CN(C)S(=O)(=O)c1cc(N)ccc1CCO. The van der Waals surface area contributed by atoms with Crippen molar-refractivity contribution in [2.75, 3.05) is 26.4 Å². The minimum atomic E-state index is -3.51. The maximum absolute atomic E-state index is 12.0. The first-order valence-corrected chi connectivity index (χ1v) is 6.25. The van der Waals surface area contributed by atoms with Gasteiger partial charge in [0.25, 0.3) is 0 Å². The van der Waals surface area contributed by atoms with E-state index in [1.807, 2.05) is 0 Å². The number of aliphatic hydroxyl groups is 1. The quantitative estimate of drug-likeness (QED) is 0.733. The van der Waals surface area contributed by atoms with E-state index in [4.69, 9.17) is 10.8 Å². The topological polar surface area (TPSA) is 83.6 Å². The zero-order chi connectivity index (χ0) is 12.3. The highest BCUT2D eigenvalue weighted by Crippen LogP contribution is 2.21. The monoisotopic (exact) mass is 244 g/mol. The maximum Gasteiger partial charge on any atom is 0.242 e. The van der Waals surface area contributed by atoms with Crippen LogP contribution in [0.3, 0.4) is 0 Å². The Kier molecular flexibility index (Phi) is 3.90. The number of nitrogens with two attached hydrogens (primary N) is 1. The van der Waals surface area contributed by atoms with Crippen LogP contribution < -0.4 is 5.73 Å². The maximum atomic E-state index is 12.0. The Balaban J connectivity index is 3.36. The molecule has 0 radical (unpaired) electrons. The van der Waals surface area contributed by atoms with Gasteiger partial charge in [-0.05, 0) is 24.1 Å². The number of nitrogen functional groups attached to an aromatic ring is 1. The Morgan fingerprint density at radius 3 is 2.50 bits per heavy atom. The van der Waals surface area contributed by atoms with Crippen molar-refractivity contribution in [1.82, 2.24) is 4.31 Å². The van der Waals surface area contributed by atoms with Gasteiger partial charge in [0.2, 0.25) is 10.0 Å². The Morgan fingerprint density at radius 1 is 1.38 bits per heavy atom. The first kappa shape index (κ1) is 13.0. The van der Waals surface area contributed by atoms with Crippen LogP contribution in [0.4, 0.5) is 5.69 Å². The normalized spacial score (nSPS) is 12.0. The summed E-state index contributed by atoms with van der Waals surface area (Å²) in [6, 6.07) is 4.67. The predicted molar refractivity (Wildman–Crippen MR) is 62.5 cm³/mol. The fraction of sp³-hybridized carbons (Fsp3) is 0.400. The molecule has 0 saturated carbocycles. The average molecular weight is 244 g/mol. The number of hydrogen-bond acceptors (Lipinski definition) is 4. The van der Waals surface area contributed by atoms with E-state index in [0.717, 1.165) is 4.31 Å². The highest BCUT2D eigenvalue weighted by Gasteiger charge is 2.20. The molecule has 0 saturated heterocycles. The molecule has 0 spiro atoms. The highest BCUT2D eigenvalue weighted by atomic mass is 32.2. The van der Waals surface area contributed by atoms with Gasteiger partial charge in [-0.25, -0.2) is 12.7 Å². The summed E-state index contributed by atoms with van der Waals surface area (Å²) in [7, 11) is -0.591. The van der Waals surface area contributed by atoms with E-state index in [9.17, 15) is 8.42 Å². The van der Waals surface area contributed by atoms with Crippen LogP contribution in [0.15, 0.2) is 23.1 Å². The molecule has 90 valence electrons. The third kappa shape index (κ3) is 2.52. The number of aliphatic hydroxyl groups excluding tert-OH is 1. The van der Waals surface area contributed by atoms with Gasteiger partial charge >= 0.3 is 0 Å². The molecule has 0 heterocycles. The number of nitrogens with zero attached hydrogens (tertiary/aromatic N) is 1. The first-order valence-electron chi connectivity index (χ1n) is 4.81. The van der Waals surface area contributed by atoms with E-state index in [1.165, 1.54) is 20.2 Å². The lowest BCUT2D eigenvalue weighted by Crippen LogP contribution is -2.23. The van der Waals surface area contributed by atoms with E-state index in [1.54, 1.807) is 12.1 Å². The molecule has 3 N–H and O–H groups in total. The molecule has 0 amide bonds. The molecule has 1 aromatic carbocycles. The number of rotatable bonds is 4. The minimum Gasteiger partial charge on any atom is -0.399 e. The van der Waals surface area contributed by atoms with Crippen LogP contribution in [0.25, 0.3) is 0 Å². The third-order valence-electron chi connectivity index (χ3n) is 2.23. The Morgan fingerprint density at radius 2 is 2.00 bits per heavy atom. The zero-order valence-corrected chi connectivity index (χ0v) is 10.2. The standard InChI is InChI=1S/C10H16N2O3S/c1-12(2)16(14,15)10-7-9(11)4-3-8(10)5-6-13/h3-4,7,13H,5-6,11H2,1-2H3. The molecule has 0 aliphatic heterocycles. The van der Waals surface area contributed by atoms with E-state index < -0.39 is 10.0 Å². The molecule has 0 aliphatic rings. The second kappa shape index (κ2) is 4.82. The van der Waals surface area contributed by atoms with Gasteiger partial charge in [0.15, 0.2) is 0 Å². The van der Waals surface area contributed by atoms with Gasteiger partial charge in [-0.1, -0.05) is 6.07 Å². The van der Waals surface area contributed by atoms with Crippen molar-refractivity contribution < 1.29 is 13.5 Å².